The van der Waals surface area contributed by atoms with Crippen LogP contribution in [0.3, 0.4) is 0 Å². The molecule has 3 aliphatic rings. The van der Waals surface area contributed by atoms with Gasteiger partial charge in [0.05, 0.1) is 24.9 Å². The van der Waals surface area contributed by atoms with E-state index in [0.717, 1.165) is 12.0 Å². The van der Waals surface area contributed by atoms with Gasteiger partial charge in [0.1, 0.15) is 5.60 Å². The molecule has 2 heterocycles. The second-order valence-corrected chi connectivity index (χ2v) is 5.11. The second-order valence-electron chi connectivity index (χ2n) is 5.11. The van der Waals surface area contributed by atoms with Gasteiger partial charge in [-0.2, -0.15) is 0 Å². The minimum absolute atomic E-state index is 0.0540. The van der Waals surface area contributed by atoms with Crippen molar-refractivity contribution in [1.82, 2.24) is 5.32 Å². The Balaban J connectivity index is 1.85. The predicted octanol–water partition coefficient (Wildman–Crippen LogP) is 0.368. The van der Waals surface area contributed by atoms with Crippen LogP contribution in [0, 0.1) is 11.8 Å². The van der Waals surface area contributed by atoms with Gasteiger partial charge in [0.15, 0.2) is 0 Å². The molecular weight excluding hydrogens is 238 g/mol. The molecule has 1 saturated heterocycles. The number of aliphatic hydroxyl groups excluding tert-OH is 1. The molecule has 6 nitrogen and oxygen atoms in total. The van der Waals surface area contributed by atoms with E-state index >= 15 is 0 Å². The van der Waals surface area contributed by atoms with E-state index in [4.69, 9.17) is 14.2 Å². The van der Waals surface area contributed by atoms with Crippen LogP contribution in [0.5, 0.6) is 0 Å². The summed E-state index contributed by atoms with van der Waals surface area (Å²) in [6.07, 6.45) is 1.32. The molecule has 2 fully saturated rings. The Kier molecular flexibility index (Phi) is 2.53. The number of fused-ring (bicyclic) bond motifs is 3. The van der Waals surface area contributed by atoms with Crippen LogP contribution in [-0.4, -0.2) is 42.8 Å². The van der Waals surface area contributed by atoms with Crippen molar-refractivity contribution in [1.29, 1.82) is 0 Å². The number of epoxide rings is 1. The van der Waals surface area contributed by atoms with Gasteiger partial charge in [-0.25, -0.2) is 4.79 Å². The lowest BCUT2D eigenvalue weighted by Crippen LogP contribution is -2.45. The maximum absolute atomic E-state index is 11.3. The van der Waals surface area contributed by atoms with E-state index in [2.05, 4.69) is 5.32 Å². The topological polar surface area (TPSA) is 80.3 Å². The molecule has 3 rings (SSSR count). The van der Waals surface area contributed by atoms with Gasteiger partial charge in [-0.15, -0.1) is 0 Å². The fourth-order valence-electron chi connectivity index (χ4n) is 3.24. The maximum atomic E-state index is 11.3. The summed E-state index contributed by atoms with van der Waals surface area (Å²) >= 11 is 0. The first-order chi connectivity index (χ1) is 8.62. The molecule has 1 aliphatic carbocycles. The smallest absolute Gasteiger partial charge is 0.409 e. The van der Waals surface area contributed by atoms with E-state index in [0.29, 0.717) is 0 Å². The van der Waals surface area contributed by atoms with Crippen molar-refractivity contribution in [2.24, 2.45) is 11.8 Å². The molecular formula is C12H17NO5. The van der Waals surface area contributed by atoms with Gasteiger partial charge < -0.3 is 24.6 Å². The minimum atomic E-state index is -0.696. The predicted molar refractivity (Wildman–Crippen MR) is 60.5 cm³/mol. The van der Waals surface area contributed by atoms with Crippen molar-refractivity contribution in [3.05, 3.63) is 11.8 Å². The number of nitrogens with one attached hydrogen (secondary N) is 1. The van der Waals surface area contributed by atoms with Crippen LogP contribution < -0.4 is 5.32 Å². The molecule has 0 radical (unpaired) electrons. The largest absolute Gasteiger partial charge is 0.462 e. The van der Waals surface area contributed by atoms with Crippen molar-refractivity contribution >= 4 is 6.09 Å². The van der Waals surface area contributed by atoms with Crippen molar-refractivity contribution in [3.8, 4) is 0 Å². The molecule has 0 aromatic rings. The van der Waals surface area contributed by atoms with Crippen molar-refractivity contribution < 1.29 is 24.1 Å². The molecule has 100 valence electrons. The third kappa shape index (κ3) is 1.45. The van der Waals surface area contributed by atoms with E-state index < -0.39 is 18.0 Å². The van der Waals surface area contributed by atoms with E-state index in [9.17, 15) is 9.90 Å². The summed E-state index contributed by atoms with van der Waals surface area (Å²) in [5, 5.41) is 11.9. The Labute approximate surface area is 105 Å². The summed E-state index contributed by atoms with van der Waals surface area (Å²) in [7, 11) is 1.50. The van der Waals surface area contributed by atoms with Crippen LogP contribution in [0.15, 0.2) is 11.8 Å². The summed E-state index contributed by atoms with van der Waals surface area (Å²) < 4.78 is 16.3. The van der Waals surface area contributed by atoms with Crippen LogP contribution in [0.2, 0.25) is 0 Å². The van der Waals surface area contributed by atoms with Gasteiger partial charge in [0.25, 0.3) is 6.29 Å². The van der Waals surface area contributed by atoms with Crippen LogP contribution >= 0.6 is 0 Å². The number of carbonyl (C=O) groups excluding carboxylic acids is 1. The molecule has 1 amide bonds. The number of amides is 1. The van der Waals surface area contributed by atoms with E-state index in [1.165, 1.54) is 7.05 Å². The third-order valence-electron chi connectivity index (χ3n) is 4.26. The van der Waals surface area contributed by atoms with Crippen molar-refractivity contribution in [2.45, 2.75) is 31.3 Å². The Morgan fingerprint density at radius 1 is 1.72 bits per heavy atom. The third-order valence-corrected chi connectivity index (χ3v) is 4.26. The number of allylic oxidation sites excluding steroid dienone is 1. The molecule has 0 bridgehead atoms. The van der Waals surface area contributed by atoms with Gasteiger partial charge in [-0.3, -0.25) is 0 Å². The van der Waals surface area contributed by atoms with Gasteiger partial charge in [0.2, 0.25) is 0 Å². The second kappa shape index (κ2) is 3.86. The number of carbonyl (C=O) groups is 1. The van der Waals surface area contributed by atoms with E-state index in [1.54, 1.807) is 6.26 Å². The number of ether oxygens (including phenoxy) is 3. The molecule has 0 spiro atoms. The van der Waals surface area contributed by atoms with Crippen LogP contribution in [0.1, 0.15) is 13.3 Å². The molecule has 0 aromatic carbocycles. The molecule has 2 aliphatic heterocycles. The molecule has 5 atom stereocenters. The molecule has 6 heteroatoms. The monoisotopic (exact) mass is 255 g/mol. The molecule has 2 N–H and O–H groups in total. The molecule has 5 unspecified atom stereocenters. The van der Waals surface area contributed by atoms with Crippen LogP contribution in [0.4, 0.5) is 4.79 Å². The van der Waals surface area contributed by atoms with Crippen LogP contribution in [0.25, 0.3) is 0 Å². The highest BCUT2D eigenvalue weighted by molar-refractivity contribution is 5.66. The summed E-state index contributed by atoms with van der Waals surface area (Å²) in [4.78, 5) is 11.3. The van der Waals surface area contributed by atoms with Crippen molar-refractivity contribution in [2.75, 3.05) is 13.7 Å². The zero-order chi connectivity index (χ0) is 12.9. The van der Waals surface area contributed by atoms with Gasteiger partial charge in [-0.1, -0.05) is 0 Å². The van der Waals surface area contributed by atoms with Gasteiger partial charge in [-0.05, 0) is 24.8 Å². The first-order valence-corrected chi connectivity index (χ1v) is 6.11. The lowest BCUT2D eigenvalue weighted by atomic mass is 9.82. The Morgan fingerprint density at radius 2 is 2.50 bits per heavy atom. The number of alkyl carbamates (subject to hydrolysis) is 1. The minimum Gasteiger partial charge on any atom is -0.462 e. The normalized spacial score (nSPS) is 44.3. The first-order valence-electron chi connectivity index (χ1n) is 6.11. The quantitative estimate of drug-likeness (QED) is 0.697. The molecule has 1 saturated carbocycles. The molecule has 18 heavy (non-hydrogen) atoms. The number of rotatable bonds is 2. The summed E-state index contributed by atoms with van der Waals surface area (Å²) in [5.74, 6) is 0.120. The van der Waals surface area contributed by atoms with E-state index in [-0.39, 0.29) is 24.5 Å². The lowest BCUT2D eigenvalue weighted by molar-refractivity contribution is -0.143. The van der Waals surface area contributed by atoms with Gasteiger partial charge >= 0.3 is 6.09 Å². The number of aliphatic hydroxyl groups is 1. The summed E-state index contributed by atoms with van der Waals surface area (Å²) in [6.45, 7) is 1.92. The summed E-state index contributed by atoms with van der Waals surface area (Å²) in [5.41, 5.74) is 0.527. The highest BCUT2D eigenvalue weighted by Gasteiger charge is 2.72. The summed E-state index contributed by atoms with van der Waals surface area (Å²) in [6, 6.07) is 0. The number of hydrogen-bond donors (Lipinski definition) is 2. The highest BCUT2D eigenvalue weighted by atomic mass is 16.7. The fourth-order valence-corrected chi connectivity index (χ4v) is 3.24. The highest BCUT2D eigenvalue weighted by Crippen LogP contribution is 2.60. The zero-order valence-corrected chi connectivity index (χ0v) is 10.4. The SMILES string of the molecule is CNC(=O)OC1OC=C(C)C2CC3OC3(CO)C12. The Bertz CT molecular complexity index is 405. The Hall–Kier alpha value is -1.27. The maximum Gasteiger partial charge on any atom is 0.409 e. The van der Waals surface area contributed by atoms with Gasteiger partial charge in [0, 0.05) is 7.05 Å². The molecule has 0 aromatic heterocycles. The first kappa shape index (κ1) is 11.8. The van der Waals surface area contributed by atoms with E-state index in [1.807, 2.05) is 6.92 Å². The lowest BCUT2D eigenvalue weighted by Gasteiger charge is -2.36. The Morgan fingerprint density at radius 3 is 3.17 bits per heavy atom. The van der Waals surface area contributed by atoms with Crippen molar-refractivity contribution in [3.63, 3.8) is 0 Å². The zero-order valence-electron chi connectivity index (χ0n) is 10.4. The average Bonchev–Trinajstić information content (AvgIpc) is 2.99. The average molecular weight is 255 g/mol. The number of hydrogen-bond acceptors (Lipinski definition) is 5. The standard InChI is InChI=1S/C12H17NO5/c1-6-4-16-10(17-11(15)13-2)9-7(6)3-8-12(9,5-14)18-8/h4,7-10,14H,3,5H2,1-2H3,(H,13,15). The van der Waals surface area contributed by atoms with Crippen LogP contribution in [-0.2, 0) is 14.2 Å². The fraction of sp³-hybridized carbons (Fsp3) is 0.750.